The molecule has 1 saturated carbocycles. The molecule has 2 aromatic heterocycles. The molecule has 11 heteroatoms. The number of likely N-dealkylation sites (N-methyl/N-ethyl adjacent to an activating group) is 2. The molecule has 11 nitrogen and oxygen atoms in total. The zero-order valence-electron chi connectivity index (χ0n) is 24.4. The number of unbranched alkanes of at least 4 members (excludes halogenated alkanes) is 1. The van der Waals surface area contributed by atoms with Crippen molar-refractivity contribution in [2.24, 2.45) is 7.05 Å². The van der Waals surface area contributed by atoms with Gasteiger partial charge in [0.1, 0.15) is 11.9 Å². The predicted octanol–water partition coefficient (Wildman–Crippen LogP) is 2.89. The molecule has 1 aliphatic rings. The standard InChI is InChI=1S/C30H39N9O2/c1-21(38(4)27(40)11-9-17-37(2)3)29(41)31-16-8-6-7-10-23-19-32-30(36-28(23)34-24-14-15-24)35-25-13-12-22-20-33-39(5)26(22)18-25/h9,11-13,18-21,24H,6,8,14-17H2,1-5H3,(H,31,41)(H2,32,34,35,36)/t21-/m0/s1. The Morgan fingerprint density at radius 1 is 1.22 bits per heavy atom. The maximum Gasteiger partial charge on any atom is 0.246 e. The van der Waals surface area contributed by atoms with Gasteiger partial charge in [0.05, 0.1) is 23.5 Å². The number of rotatable bonds is 12. The molecular weight excluding hydrogens is 518 g/mol. The SMILES string of the molecule is C[C@@H](C(=O)NCCCC#Cc1cnc(Nc2ccc3cnn(C)c3c2)nc1NC1CC1)N(C)C(=O)C=CCN(C)C. The Morgan fingerprint density at radius 3 is 2.78 bits per heavy atom. The fraction of sp³-hybridized carbons (Fsp3) is 0.433. The molecule has 0 spiro atoms. The van der Waals surface area contributed by atoms with Crippen molar-refractivity contribution >= 4 is 40.2 Å². The lowest BCUT2D eigenvalue weighted by molar-refractivity contribution is -0.135. The van der Waals surface area contributed by atoms with Gasteiger partial charge in [0.15, 0.2) is 0 Å². The van der Waals surface area contributed by atoms with Crippen LogP contribution in [0, 0.1) is 11.8 Å². The van der Waals surface area contributed by atoms with E-state index >= 15 is 0 Å². The average Bonchev–Trinajstić information content (AvgIpc) is 3.70. The van der Waals surface area contributed by atoms with Crippen molar-refractivity contribution in [3.8, 4) is 11.8 Å². The molecule has 0 saturated heterocycles. The molecule has 41 heavy (non-hydrogen) atoms. The first-order chi connectivity index (χ1) is 19.7. The summed E-state index contributed by atoms with van der Waals surface area (Å²) in [6.45, 7) is 2.86. The molecular formula is C30H39N9O2. The van der Waals surface area contributed by atoms with Crippen LogP contribution < -0.4 is 16.0 Å². The van der Waals surface area contributed by atoms with Crippen LogP contribution in [-0.4, -0.2) is 87.7 Å². The van der Waals surface area contributed by atoms with Crippen LogP contribution in [-0.2, 0) is 16.6 Å². The highest BCUT2D eigenvalue weighted by Gasteiger charge is 2.23. The van der Waals surface area contributed by atoms with Crippen LogP contribution in [0.3, 0.4) is 0 Å². The Labute approximate surface area is 241 Å². The van der Waals surface area contributed by atoms with E-state index in [9.17, 15) is 9.59 Å². The summed E-state index contributed by atoms with van der Waals surface area (Å²) >= 11 is 0. The van der Waals surface area contributed by atoms with Crippen molar-refractivity contribution in [2.75, 3.05) is 44.9 Å². The lowest BCUT2D eigenvalue weighted by atomic mass is 10.2. The predicted molar refractivity (Wildman–Crippen MR) is 162 cm³/mol. The summed E-state index contributed by atoms with van der Waals surface area (Å²) < 4.78 is 1.83. The summed E-state index contributed by atoms with van der Waals surface area (Å²) in [6.07, 6.45) is 10.4. The Balaban J connectivity index is 1.28. The number of anilines is 3. The minimum absolute atomic E-state index is 0.190. The molecule has 3 N–H and O–H groups in total. The molecule has 1 atom stereocenters. The van der Waals surface area contributed by atoms with E-state index in [1.165, 1.54) is 11.0 Å². The summed E-state index contributed by atoms with van der Waals surface area (Å²) in [5, 5.41) is 15.0. The number of carbonyl (C=O) groups is 2. The zero-order chi connectivity index (χ0) is 29.4. The molecule has 1 aromatic carbocycles. The van der Waals surface area contributed by atoms with E-state index in [1.54, 1.807) is 26.2 Å². The van der Waals surface area contributed by atoms with Crippen LogP contribution in [0.1, 0.15) is 38.2 Å². The summed E-state index contributed by atoms with van der Waals surface area (Å²) in [4.78, 5) is 37.4. The number of fused-ring (bicyclic) bond motifs is 1. The van der Waals surface area contributed by atoms with Gasteiger partial charge in [-0.2, -0.15) is 10.1 Å². The van der Waals surface area contributed by atoms with Crippen molar-refractivity contribution in [3.05, 3.63) is 48.3 Å². The number of aryl methyl sites for hydroxylation is 1. The lowest BCUT2D eigenvalue weighted by Crippen LogP contribution is -2.45. The fourth-order valence-corrected chi connectivity index (χ4v) is 3.96. The van der Waals surface area contributed by atoms with Gasteiger partial charge in [0, 0.05) is 56.8 Å². The van der Waals surface area contributed by atoms with Gasteiger partial charge < -0.3 is 25.8 Å². The number of nitrogens with zero attached hydrogens (tertiary/aromatic N) is 6. The van der Waals surface area contributed by atoms with Crippen LogP contribution in [0.4, 0.5) is 17.5 Å². The number of hydrogen-bond acceptors (Lipinski definition) is 8. The third-order valence-corrected chi connectivity index (χ3v) is 6.75. The second kappa shape index (κ2) is 13.8. The third kappa shape index (κ3) is 8.53. The number of hydrogen-bond donors (Lipinski definition) is 3. The van der Waals surface area contributed by atoms with E-state index in [0.717, 1.165) is 35.0 Å². The Hall–Kier alpha value is -4.43. The minimum atomic E-state index is -0.566. The number of amides is 2. The van der Waals surface area contributed by atoms with E-state index in [2.05, 4.69) is 37.9 Å². The molecule has 0 radical (unpaired) electrons. The van der Waals surface area contributed by atoms with E-state index in [0.29, 0.717) is 43.7 Å². The average molecular weight is 558 g/mol. The van der Waals surface area contributed by atoms with Crippen LogP contribution >= 0.6 is 0 Å². The van der Waals surface area contributed by atoms with E-state index in [1.807, 2.05) is 55.1 Å². The van der Waals surface area contributed by atoms with Gasteiger partial charge in [-0.3, -0.25) is 14.3 Å². The van der Waals surface area contributed by atoms with Crippen LogP contribution in [0.5, 0.6) is 0 Å². The smallest absolute Gasteiger partial charge is 0.246 e. The van der Waals surface area contributed by atoms with Gasteiger partial charge in [-0.05, 0) is 58.5 Å². The Morgan fingerprint density at radius 2 is 2.02 bits per heavy atom. The first-order valence-corrected chi connectivity index (χ1v) is 13.9. The second-order valence-corrected chi connectivity index (χ2v) is 10.5. The van der Waals surface area contributed by atoms with Crippen molar-refractivity contribution in [3.63, 3.8) is 0 Å². The summed E-state index contributed by atoms with van der Waals surface area (Å²) in [5.74, 6) is 7.18. The quantitative estimate of drug-likeness (QED) is 0.177. The molecule has 1 fully saturated rings. The molecule has 1 aliphatic carbocycles. The first kappa shape index (κ1) is 29.6. The minimum Gasteiger partial charge on any atom is -0.366 e. The number of carbonyl (C=O) groups excluding carboxylic acids is 2. The van der Waals surface area contributed by atoms with Crippen molar-refractivity contribution in [1.82, 2.24) is 34.9 Å². The van der Waals surface area contributed by atoms with Gasteiger partial charge in [0.25, 0.3) is 0 Å². The van der Waals surface area contributed by atoms with E-state index < -0.39 is 6.04 Å². The molecule has 0 bridgehead atoms. The maximum absolute atomic E-state index is 12.5. The monoisotopic (exact) mass is 557 g/mol. The first-order valence-electron chi connectivity index (χ1n) is 13.9. The fourth-order valence-electron chi connectivity index (χ4n) is 3.96. The highest BCUT2D eigenvalue weighted by Crippen LogP contribution is 2.27. The second-order valence-electron chi connectivity index (χ2n) is 10.5. The normalized spacial score (nSPS) is 13.6. The van der Waals surface area contributed by atoms with Crippen LogP contribution in [0.25, 0.3) is 10.9 Å². The summed E-state index contributed by atoms with van der Waals surface area (Å²) in [5.41, 5.74) is 2.64. The van der Waals surface area contributed by atoms with Crippen molar-refractivity contribution in [2.45, 2.75) is 44.7 Å². The van der Waals surface area contributed by atoms with Gasteiger partial charge >= 0.3 is 0 Å². The number of benzene rings is 1. The van der Waals surface area contributed by atoms with Gasteiger partial charge in [0.2, 0.25) is 17.8 Å². The van der Waals surface area contributed by atoms with Gasteiger partial charge in [-0.25, -0.2) is 4.98 Å². The topological polar surface area (TPSA) is 120 Å². The van der Waals surface area contributed by atoms with Crippen LogP contribution in [0.2, 0.25) is 0 Å². The highest BCUT2D eigenvalue weighted by molar-refractivity contribution is 5.92. The molecule has 0 aliphatic heterocycles. The van der Waals surface area contributed by atoms with Crippen LogP contribution in [0.15, 0.2) is 42.7 Å². The summed E-state index contributed by atoms with van der Waals surface area (Å²) in [7, 11) is 7.40. The number of nitrogens with one attached hydrogen (secondary N) is 3. The highest BCUT2D eigenvalue weighted by atomic mass is 16.2. The molecule has 0 unspecified atom stereocenters. The van der Waals surface area contributed by atoms with Gasteiger partial charge in [-0.15, -0.1) is 0 Å². The molecule has 4 rings (SSSR count). The molecule has 3 aromatic rings. The largest absolute Gasteiger partial charge is 0.366 e. The van der Waals surface area contributed by atoms with Crippen molar-refractivity contribution in [1.29, 1.82) is 0 Å². The molecule has 2 heterocycles. The Bertz CT molecular complexity index is 1460. The Kier molecular flexibility index (Phi) is 9.92. The third-order valence-electron chi connectivity index (χ3n) is 6.75. The van der Waals surface area contributed by atoms with E-state index in [-0.39, 0.29) is 11.8 Å². The zero-order valence-corrected chi connectivity index (χ0v) is 24.4. The lowest BCUT2D eigenvalue weighted by Gasteiger charge is -2.23. The van der Waals surface area contributed by atoms with Gasteiger partial charge in [-0.1, -0.05) is 17.9 Å². The molecule has 216 valence electrons. The number of aromatic nitrogens is 4. The summed E-state index contributed by atoms with van der Waals surface area (Å²) in [6, 6.07) is 5.86. The maximum atomic E-state index is 12.5. The van der Waals surface area contributed by atoms with E-state index in [4.69, 9.17) is 4.98 Å². The van der Waals surface area contributed by atoms with Crippen molar-refractivity contribution < 1.29 is 9.59 Å². The molecule has 2 amide bonds.